The quantitative estimate of drug-likeness (QED) is 0.390. The van der Waals surface area contributed by atoms with Gasteiger partial charge in [0.1, 0.15) is 5.57 Å². The molecule has 3 aromatic rings. The van der Waals surface area contributed by atoms with E-state index in [0.717, 1.165) is 10.8 Å². The molecule has 6 heteroatoms. The first kappa shape index (κ1) is 14.5. The van der Waals surface area contributed by atoms with E-state index in [-0.39, 0.29) is 5.56 Å². The van der Waals surface area contributed by atoms with Crippen LogP contribution in [0.1, 0.15) is 5.56 Å². The lowest BCUT2D eigenvalue weighted by Crippen LogP contribution is -2.10. The molecular formula is C17H11NO5. The van der Waals surface area contributed by atoms with Crippen molar-refractivity contribution in [2.45, 2.75) is 0 Å². The Kier molecular flexibility index (Phi) is 3.42. The Labute approximate surface area is 129 Å². The van der Waals surface area contributed by atoms with Gasteiger partial charge in [0.05, 0.1) is 5.52 Å². The second kappa shape index (κ2) is 5.42. The Balaban J connectivity index is 2.51. The van der Waals surface area contributed by atoms with Crippen LogP contribution in [0.5, 0.6) is 0 Å². The number of pyridine rings is 1. The fourth-order valence-corrected chi connectivity index (χ4v) is 2.57. The van der Waals surface area contributed by atoms with E-state index < -0.39 is 23.3 Å². The number of aromatic nitrogens is 1. The molecule has 3 rings (SSSR count). The lowest BCUT2D eigenvalue weighted by molar-refractivity contribution is -0.136. The van der Waals surface area contributed by atoms with Gasteiger partial charge in [-0.15, -0.1) is 0 Å². The highest BCUT2D eigenvalue weighted by molar-refractivity contribution is 6.26. The molecule has 1 heterocycles. The van der Waals surface area contributed by atoms with Gasteiger partial charge in [-0.05, 0) is 11.5 Å². The molecule has 0 bridgehead atoms. The van der Waals surface area contributed by atoms with Crippen molar-refractivity contribution in [1.82, 2.24) is 4.98 Å². The highest BCUT2D eigenvalue weighted by atomic mass is 16.4. The molecule has 0 atom stereocenters. The van der Waals surface area contributed by atoms with Gasteiger partial charge in [0.25, 0.3) is 0 Å². The van der Waals surface area contributed by atoms with Crippen molar-refractivity contribution >= 4 is 39.2 Å². The van der Waals surface area contributed by atoms with Crippen molar-refractivity contribution in [3.8, 4) is 0 Å². The van der Waals surface area contributed by atoms with Crippen molar-refractivity contribution in [1.29, 1.82) is 0 Å². The number of fused-ring (bicyclic) bond motifs is 3. The predicted octanol–water partition coefficient (Wildman–Crippen LogP) is 2.83. The fraction of sp³-hybridized carbons (Fsp3) is 0. The second-order valence-electron chi connectivity index (χ2n) is 4.88. The van der Waals surface area contributed by atoms with Crippen LogP contribution in [0.4, 0.5) is 0 Å². The summed E-state index contributed by atoms with van der Waals surface area (Å²) in [4.78, 5) is 26.8. The summed E-state index contributed by atoms with van der Waals surface area (Å²) in [6, 6.07) is 11.9. The molecule has 0 spiro atoms. The van der Waals surface area contributed by atoms with Gasteiger partial charge in [-0.1, -0.05) is 36.4 Å². The Morgan fingerprint density at radius 3 is 2.30 bits per heavy atom. The van der Waals surface area contributed by atoms with Crippen LogP contribution in [-0.4, -0.2) is 32.2 Å². The van der Waals surface area contributed by atoms with Gasteiger partial charge in [-0.3, -0.25) is 4.98 Å². The summed E-state index contributed by atoms with van der Waals surface area (Å²) in [6.07, 6.45) is 1.66. The number of hydrogen-bond acceptors (Lipinski definition) is 4. The molecule has 2 aromatic carbocycles. The van der Waals surface area contributed by atoms with Crippen molar-refractivity contribution in [2.75, 3.05) is 0 Å². The number of aliphatic carboxylic acids is 2. The van der Waals surface area contributed by atoms with Crippen molar-refractivity contribution in [2.24, 2.45) is 0 Å². The molecular weight excluding hydrogens is 298 g/mol. The van der Waals surface area contributed by atoms with Crippen molar-refractivity contribution in [3.63, 3.8) is 0 Å². The van der Waals surface area contributed by atoms with Gasteiger partial charge in [-0.25, -0.2) is 9.59 Å². The molecule has 0 aliphatic carbocycles. The monoisotopic (exact) mass is 309 g/mol. The molecule has 23 heavy (non-hydrogen) atoms. The maximum absolute atomic E-state index is 11.5. The smallest absolute Gasteiger partial charge is 0.371 e. The topological polar surface area (TPSA) is 108 Å². The zero-order valence-electron chi connectivity index (χ0n) is 11.7. The minimum atomic E-state index is -1.70. The highest BCUT2D eigenvalue weighted by Gasteiger charge is 2.24. The molecule has 3 N–H and O–H groups in total. The first-order chi connectivity index (χ1) is 11.0. The first-order valence-corrected chi connectivity index (χ1v) is 6.67. The number of rotatable bonds is 3. The summed E-state index contributed by atoms with van der Waals surface area (Å²) >= 11 is 0. The van der Waals surface area contributed by atoms with Gasteiger partial charge in [-0.2, -0.15) is 0 Å². The number of nitrogens with zero attached hydrogens (tertiary/aromatic N) is 1. The Bertz CT molecular complexity index is 991. The summed E-state index contributed by atoms with van der Waals surface area (Å²) in [5, 5.41) is 30.1. The lowest BCUT2D eigenvalue weighted by atomic mass is 9.96. The van der Waals surface area contributed by atoms with Gasteiger partial charge < -0.3 is 15.3 Å². The number of hydrogen-bond donors (Lipinski definition) is 3. The van der Waals surface area contributed by atoms with Gasteiger partial charge in [0.2, 0.25) is 5.76 Å². The normalized spacial score (nSPS) is 12.2. The van der Waals surface area contributed by atoms with E-state index in [9.17, 15) is 19.8 Å². The number of aliphatic hydroxyl groups excluding tert-OH is 1. The number of carboxylic acids is 2. The zero-order valence-corrected chi connectivity index (χ0v) is 11.7. The summed E-state index contributed by atoms with van der Waals surface area (Å²) in [5.74, 6) is -4.43. The number of benzene rings is 2. The second-order valence-corrected chi connectivity index (χ2v) is 4.88. The minimum Gasteiger partial charge on any atom is -0.501 e. The van der Waals surface area contributed by atoms with Gasteiger partial charge in [0.15, 0.2) is 0 Å². The molecule has 0 saturated carbocycles. The molecule has 0 unspecified atom stereocenters. The van der Waals surface area contributed by atoms with Crippen LogP contribution in [0.25, 0.3) is 27.2 Å². The number of carboxylic acid groups (broad SMARTS) is 2. The highest BCUT2D eigenvalue weighted by Crippen LogP contribution is 2.31. The van der Waals surface area contributed by atoms with Crippen LogP contribution in [0.2, 0.25) is 0 Å². The molecule has 0 amide bonds. The average molecular weight is 309 g/mol. The predicted molar refractivity (Wildman–Crippen MR) is 84.1 cm³/mol. The maximum atomic E-state index is 11.5. The van der Waals surface area contributed by atoms with Crippen LogP contribution >= 0.6 is 0 Å². The molecule has 0 aliphatic rings. The molecule has 1 aromatic heterocycles. The molecule has 0 saturated heterocycles. The van der Waals surface area contributed by atoms with Crippen LogP contribution in [-0.2, 0) is 9.59 Å². The minimum absolute atomic E-state index is 0.110. The fourth-order valence-electron chi connectivity index (χ4n) is 2.57. The summed E-state index contributed by atoms with van der Waals surface area (Å²) in [5.41, 5.74) is -0.0430. The van der Waals surface area contributed by atoms with Crippen molar-refractivity contribution in [3.05, 3.63) is 60.0 Å². The molecule has 0 radical (unpaired) electrons. The Hall–Kier alpha value is -3.41. The third-order valence-corrected chi connectivity index (χ3v) is 3.54. The van der Waals surface area contributed by atoms with Crippen LogP contribution < -0.4 is 0 Å². The lowest BCUT2D eigenvalue weighted by Gasteiger charge is -2.10. The zero-order chi connectivity index (χ0) is 16.6. The summed E-state index contributed by atoms with van der Waals surface area (Å²) in [6.45, 7) is 0. The third-order valence-electron chi connectivity index (χ3n) is 3.54. The molecule has 0 aliphatic heterocycles. The Morgan fingerprint density at radius 1 is 0.870 bits per heavy atom. The van der Waals surface area contributed by atoms with E-state index in [2.05, 4.69) is 4.98 Å². The Morgan fingerprint density at radius 2 is 1.61 bits per heavy atom. The van der Waals surface area contributed by atoms with E-state index >= 15 is 0 Å². The third kappa shape index (κ3) is 2.36. The van der Waals surface area contributed by atoms with E-state index in [1.807, 2.05) is 12.1 Å². The van der Waals surface area contributed by atoms with Gasteiger partial charge >= 0.3 is 11.9 Å². The first-order valence-electron chi connectivity index (χ1n) is 6.67. The molecule has 114 valence electrons. The average Bonchev–Trinajstić information content (AvgIpc) is 2.54. The SMILES string of the molecule is O=C(O)/C(O)=C(\C(=O)O)c1cccc2ncc3ccccc3c12. The van der Waals surface area contributed by atoms with E-state index in [1.54, 1.807) is 30.5 Å². The van der Waals surface area contributed by atoms with Crippen LogP contribution in [0.15, 0.2) is 54.4 Å². The van der Waals surface area contributed by atoms with E-state index in [4.69, 9.17) is 5.11 Å². The van der Waals surface area contributed by atoms with Gasteiger partial charge in [0, 0.05) is 22.5 Å². The van der Waals surface area contributed by atoms with E-state index in [0.29, 0.717) is 10.9 Å². The molecule has 6 nitrogen and oxygen atoms in total. The van der Waals surface area contributed by atoms with E-state index in [1.165, 1.54) is 6.07 Å². The largest absolute Gasteiger partial charge is 0.501 e. The summed E-state index contributed by atoms with van der Waals surface area (Å²) < 4.78 is 0. The standard InChI is InChI=1S/C17H11NO5/c19-15(17(22)23)14(16(20)21)11-6-3-7-12-13(11)10-5-2-1-4-9(10)8-18-12/h1-8,19H,(H,20,21)(H,22,23)/b15-14+. The molecule has 0 fully saturated rings. The number of aliphatic hydroxyl groups is 1. The maximum Gasteiger partial charge on any atom is 0.371 e. The van der Waals surface area contributed by atoms with Crippen LogP contribution in [0.3, 0.4) is 0 Å². The van der Waals surface area contributed by atoms with Crippen molar-refractivity contribution < 1.29 is 24.9 Å². The number of carbonyl (C=O) groups is 2. The summed E-state index contributed by atoms with van der Waals surface area (Å²) in [7, 11) is 0. The van der Waals surface area contributed by atoms with Crippen LogP contribution in [0, 0.1) is 0 Å².